The van der Waals surface area contributed by atoms with Crippen molar-refractivity contribution in [3.8, 4) is 11.5 Å². The third-order valence-corrected chi connectivity index (χ3v) is 5.70. The van der Waals surface area contributed by atoms with E-state index in [9.17, 15) is 9.90 Å². The molecule has 34 heavy (non-hydrogen) atoms. The number of ether oxygens (including phenoxy) is 2. The van der Waals surface area contributed by atoms with Gasteiger partial charge in [0.2, 0.25) is 5.95 Å². The highest BCUT2D eigenvalue weighted by atomic mass is 16.5. The Balaban J connectivity index is 1.74. The molecule has 1 N–H and O–H groups in total. The average Bonchev–Trinajstić information content (AvgIpc) is 2.82. The first kappa shape index (κ1) is 25.0. The Kier molecular flexibility index (Phi) is 8.10. The first-order chi connectivity index (χ1) is 16.2. The molecule has 0 aliphatic heterocycles. The van der Waals surface area contributed by atoms with Crippen LogP contribution in [0, 0.1) is 6.92 Å². The Labute approximate surface area is 201 Å². The van der Waals surface area contributed by atoms with E-state index in [2.05, 4.69) is 33.9 Å². The van der Waals surface area contributed by atoms with Gasteiger partial charge in [0.1, 0.15) is 11.5 Å². The standard InChI is InChI=1S/C27H33N3O4/c1-6-20-16-28-26(29-17-20)30(18-22-9-12-24(33-5)19(2)15-22)14-13-21-7-10-23(11-8-21)34-27(3,4)25(31)32/h7-12,15-17H,6,13-14,18H2,1-5H3,(H,31,32). The molecule has 0 saturated carbocycles. The third kappa shape index (κ3) is 6.47. The van der Waals surface area contributed by atoms with Gasteiger partial charge in [0.05, 0.1) is 7.11 Å². The lowest BCUT2D eigenvalue weighted by Crippen LogP contribution is -2.37. The zero-order valence-electron chi connectivity index (χ0n) is 20.5. The van der Waals surface area contributed by atoms with Crippen LogP contribution in [-0.4, -0.2) is 40.3 Å². The Morgan fingerprint density at radius 2 is 1.68 bits per heavy atom. The first-order valence-corrected chi connectivity index (χ1v) is 11.4. The topological polar surface area (TPSA) is 84.8 Å². The highest BCUT2D eigenvalue weighted by molar-refractivity contribution is 5.76. The van der Waals surface area contributed by atoms with Gasteiger partial charge in [-0.05, 0) is 74.1 Å². The normalized spacial score (nSPS) is 11.2. The summed E-state index contributed by atoms with van der Waals surface area (Å²) in [5.74, 6) is 1.08. The lowest BCUT2D eigenvalue weighted by Gasteiger charge is -2.24. The number of hydrogen-bond acceptors (Lipinski definition) is 6. The summed E-state index contributed by atoms with van der Waals surface area (Å²) in [5, 5.41) is 9.26. The molecule has 0 atom stereocenters. The number of anilines is 1. The summed E-state index contributed by atoms with van der Waals surface area (Å²) >= 11 is 0. The monoisotopic (exact) mass is 463 g/mol. The minimum Gasteiger partial charge on any atom is -0.496 e. The Morgan fingerprint density at radius 1 is 1.03 bits per heavy atom. The van der Waals surface area contributed by atoms with E-state index in [4.69, 9.17) is 9.47 Å². The number of rotatable bonds is 11. The quantitative estimate of drug-likeness (QED) is 0.435. The van der Waals surface area contributed by atoms with Crippen molar-refractivity contribution in [2.75, 3.05) is 18.6 Å². The molecule has 7 nitrogen and oxygen atoms in total. The van der Waals surface area contributed by atoms with Crippen molar-refractivity contribution < 1.29 is 19.4 Å². The summed E-state index contributed by atoms with van der Waals surface area (Å²) in [4.78, 5) is 22.7. The molecule has 1 aromatic heterocycles. The van der Waals surface area contributed by atoms with E-state index in [0.717, 1.165) is 47.4 Å². The molecule has 0 saturated heterocycles. The van der Waals surface area contributed by atoms with Gasteiger partial charge in [-0.15, -0.1) is 0 Å². The SMILES string of the molecule is CCc1cnc(N(CCc2ccc(OC(C)(C)C(=O)O)cc2)Cc2ccc(OC)c(C)c2)nc1. The number of carboxylic acids is 1. The molecule has 7 heteroatoms. The Morgan fingerprint density at radius 3 is 2.24 bits per heavy atom. The molecule has 0 spiro atoms. The predicted molar refractivity (Wildman–Crippen MR) is 133 cm³/mol. The molecule has 1 heterocycles. The van der Waals surface area contributed by atoms with Crippen LogP contribution in [0.2, 0.25) is 0 Å². The maximum atomic E-state index is 11.3. The second-order valence-electron chi connectivity index (χ2n) is 8.78. The molecule has 0 bridgehead atoms. The molecule has 0 aliphatic rings. The highest BCUT2D eigenvalue weighted by Crippen LogP contribution is 2.22. The predicted octanol–water partition coefficient (Wildman–Crippen LogP) is 4.85. The molecule has 0 unspecified atom stereocenters. The van der Waals surface area contributed by atoms with E-state index in [1.165, 1.54) is 13.8 Å². The van der Waals surface area contributed by atoms with Gasteiger partial charge in [-0.2, -0.15) is 0 Å². The van der Waals surface area contributed by atoms with Crippen LogP contribution < -0.4 is 14.4 Å². The van der Waals surface area contributed by atoms with Gasteiger partial charge < -0.3 is 19.5 Å². The van der Waals surface area contributed by atoms with Crippen molar-refractivity contribution in [3.63, 3.8) is 0 Å². The van der Waals surface area contributed by atoms with E-state index < -0.39 is 11.6 Å². The van der Waals surface area contributed by atoms with Crippen LogP contribution in [0.15, 0.2) is 54.9 Å². The number of hydrogen-bond donors (Lipinski definition) is 1. The van der Waals surface area contributed by atoms with Crippen LogP contribution in [0.3, 0.4) is 0 Å². The van der Waals surface area contributed by atoms with Crippen LogP contribution in [0.25, 0.3) is 0 Å². The van der Waals surface area contributed by atoms with Crippen LogP contribution in [-0.2, 0) is 24.2 Å². The highest BCUT2D eigenvalue weighted by Gasteiger charge is 2.29. The number of carboxylic acid groups (broad SMARTS) is 1. The van der Waals surface area contributed by atoms with Gasteiger partial charge in [-0.25, -0.2) is 14.8 Å². The van der Waals surface area contributed by atoms with Gasteiger partial charge >= 0.3 is 5.97 Å². The van der Waals surface area contributed by atoms with E-state index in [-0.39, 0.29) is 0 Å². The summed E-state index contributed by atoms with van der Waals surface area (Å²) in [6, 6.07) is 13.7. The zero-order chi connectivity index (χ0) is 24.7. The molecule has 0 fully saturated rings. The molecular formula is C27H33N3O4. The van der Waals surface area contributed by atoms with Gasteiger partial charge in [-0.3, -0.25) is 0 Å². The minimum atomic E-state index is -1.28. The number of methoxy groups -OCH3 is 1. The van der Waals surface area contributed by atoms with E-state index in [1.54, 1.807) is 7.11 Å². The van der Waals surface area contributed by atoms with Crippen molar-refractivity contribution >= 4 is 11.9 Å². The summed E-state index contributed by atoms with van der Waals surface area (Å²) in [6.07, 6.45) is 5.43. The number of aliphatic carboxylic acids is 1. The lowest BCUT2D eigenvalue weighted by atomic mass is 10.1. The fraction of sp³-hybridized carbons (Fsp3) is 0.370. The maximum absolute atomic E-state index is 11.3. The maximum Gasteiger partial charge on any atom is 0.347 e. The smallest absolute Gasteiger partial charge is 0.347 e. The minimum absolute atomic E-state index is 0.528. The van der Waals surface area contributed by atoms with Crippen molar-refractivity contribution in [1.82, 2.24) is 9.97 Å². The average molecular weight is 464 g/mol. The summed E-state index contributed by atoms with van der Waals surface area (Å²) in [5.41, 5.74) is 3.17. The van der Waals surface area contributed by atoms with Gasteiger partial charge in [0.15, 0.2) is 5.60 Å². The first-order valence-electron chi connectivity index (χ1n) is 11.4. The second-order valence-corrected chi connectivity index (χ2v) is 8.78. The second kappa shape index (κ2) is 11.0. The van der Waals surface area contributed by atoms with Crippen LogP contribution in [0.1, 0.15) is 43.0 Å². The Bertz CT molecular complexity index is 1100. The van der Waals surface area contributed by atoms with E-state index in [1.807, 2.05) is 49.6 Å². The fourth-order valence-corrected chi connectivity index (χ4v) is 3.53. The zero-order valence-corrected chi connectivity index (χ0v) is 20.5. The number of aryl methyl sites for hydroxylation is 2. The van der Waals surface area contributed by atoms with Gasteiger partial charge in [0, 0.05) is 25.5 Å². The molecule has 0 amide bonds. The van der Waals surface area contributed by atoms with Gasteiger partial charge in [-0.1, -0.05) is 31.2 Å². The van der Waals surface area contributed by atoms with Crippen LogP contribution in [0.5, 0.6) is 11.5 Å². The number of benzene rings is 2. The molecule has 3 rings (SSSR count). The van der Waals surface area contributed by atoms with Crippen molar-refractivity contribution in [2.45, 2.75) is 52.7 Å². The number of nitrogens with zero attached hydrogens (tertiary/aromatic N) is 3. The van der Waals surface area contributed by atoms with Crippen molar-refractivity contribution in [1.29, 1.82) is 0 Å². The fourth-order valence-electron chi connectivity index (χ4n) is 3.53. The number of aromatic nitrogens is 2. The molecule has 3 aromatic rings. The van der Waals surface area contributed by atoms with Crippen LogP contribution in [0.4, 0.5) is 5.95 Å². The Hall–Kier alpha value is -3.61. The molecule has 0 radical (unpaired) electrons. The largest absolute Gasteiger partial charge is 0.496 e. The third-order valence-electron chi connectivity index (χ3n) is 5.70. The molecule has 0 aliphatic carbocycles. The van der Waals surface area contributed by atoms with Crippen LogP contribution >= 0.6 is 0 Å². The summed E-state index contributed by atoms with van der Waals surface area (Å²) in [7, 11) is 1.68. The summed E-state index contributed by atoms with van der Waals surface area (Å²) in [6.45, 7) is 8.58. The van der Waals surface area contributed by atoms with Crippen molar-refractivity contribution in [2.24, 2.45) is 0 Å². The van der Waals surface area contributed by atoms with E-state index >= 15 is 0 Å². The molecular weight excluding hydrogens is 430 g/mol. The van der Waals surface area contributed by atoms with Gasteiger partial charge in [0.25, 0.3) is 0 Å². The number of carbonyl (C=O) groups is 1. The molecule has 180 valence electrons. The lowest BCUT2D eigenvalue weighted by molar-refractivity contribution is -0.152. The molecule has 2 aromatic carbocycles. The van der Waals surface area contributed by atoms with E-state index in [0.29, 0.717) is 18.2 Å². The van der Waals surface area contributed by atoms with Crippen molar-refractivity contribution in [3.05, 3.63) is 77.1 Å². The summed E-state index contributed by atoms with van der Waals surface area (Å²) < 4.78 is 11.0.